The normalized spacial score (nSPS) is 20.7. The Kier molecular flexibility index (Phi) is 4.10. The summed E-state index contributed by atoms with van der Waals surface area (Å²) in [6.45, 7) is 3.06. The number of halogens is 6. The number of piperazine rings is 1. The molecule has 0 saturated carbocycles. The average Bonchev–Trinajstić information content (AvgIpc) is 2.36. The lowest BCUT2D eigenvalue weighted by molar-refractivity contribution is -0.143. The van der Waals surface area contributed by atoms with E-state index in [-0.39, 0.29) is 17.8 Å². The van der Waals surface area contributed by atoms with Crippen LogP contribution < -0.4 is 10.2 Å². The topological polar surface area (TPSA) is 15.3 Å². The van der Waals surface area contributed by atoms with Gasteiger partial charge in [-0.25, -0.2) is 0 Å². The number of anilines is 1. The van der Waals surface area contributed by atoms with Crippen molar-refractivity contribution in [2.45, 2.75) is 25.3 Å². The molecule has 2 nitrogen and oxygen atoms in total. The monoisotopic (exact) mass is 312 g/mol. The quantitative estimate of drug-likeness (QED) is 0.798. The first-order valence-electron chi connectivity index (χ1n) is 6.35. The van der Waals surface area contributed by atoms with Crippen LogP contribution in [0.5, 0.6) is 0 Å². The number of hydrogen-bond donors (Lipinski definition) is 1. The lowest BCUT2D eigenvalue weighted by Gasteiger charge is -2.34. The Bertz CT molecular complexity index is 476. The minimum atomic E-state index is -4.81. The van der Waals surface area contributed by atoms with Crippen molar-refractivity contribution < 1.29 is 26.3 Å². The van der Waals surface area contributed by atoms with Gasteiger partial charge in [0.15, 0.2) is 0 Å². The fraction of sp³-hybridized carbons (Fsp3) is 0.538. The molecule has 0 aromatic heterocycles. The molecule has 1 saturated heterocycles. The van der Waals surface area contributed by atoms with E-state index in [0.29, 0.717) is 19.6 Å². The van der Waals surface area contributed by atoms with Crippen molar-refractivity contribution in [1.29, 1.82) is 0 Å². The molecule has 0 radical (unpaired) electrons. The number of rotatable bonds is 1. The Morgan fingerprint density at radius 3 is 1.95 bits per heavy atom. The van der Waals surface area contributed by atoms with Crippen LogP contribution in [0.3, 0.4) is 0 Å². The second-order valence-electron chi connectivity index (χ2n) is 5.07. The molecule has 8 heteroatoms. The summed E-state index contributed by atoms with van der Waals surface area (Å²) in [6, 6.07) is 1.69. The van der Waals surface area contributed by atoms with Crippen molar-refractivity contribution in [3.8, 4) is 0 Å². The first-order valence-corrected chi connectivity index (χ1v) is 6.35. The fourth-order valence-electron chi connectivity index (χ4n) is 2.29. The van der Waals surface area contributed by atoms with Crippen LogP contribution in [-0.4, -0.2) is 25.7 Å². The second kappa shape index (κ2) is 5.40. The van der Waals surface area contributed by atoms with Crippen molar-refractivity contribution in [3.63, 3.8) is 0 Å². The van der Waals surface area contributed by atoms with Crippen molar-refractivity contribution >= 4 is 5.69 Å². The molecule has 118 valence electrons. The first kappa shape index (κ1) is 15.9. The van der Waals surface area contributed by atoms with Gasteiger partial charge in [0.1, 0.15) is 0 Å². The molecule has 1 heterocycles. The molecule has 1 aliphatic heterocycles. The van der Waals surface area contributed by atoms with Gasteiger partial charge in [-0.05, 0) is 25.1 Å². The molecule has 1 aliphatic rings. The van der Waals surface area contributed by atoms with Gasteiger partial charge >= 0.3 is 12.4 Å². The van der Waals surface area contributed by atoms with Crippen LogP contribution in [0.2, 0.25) is 0 Å². The lowest BCUT2D eigenvalue weighted by atomic mass is 10.1. The van der Waals surface area contributed by atoms with Gasteiger partial charge < -0.3 is 10.2 Å². The molecule has 1 aromatic rings. The highest BCUT2D eigenvalue weighted by atomic mass is 19.4. The molecular formula is C13H14F6N2. The standard InChI is InChI=1S/C13H14F6N2/c1-8-7-21(3-2-20-8)11-5-9(12(14,15)16)4-10(6-11)13(17,18)19/h4-6,8,20H,2-3,7H2,1H3/t8-/m1/s1. The number of benzene rings is 1. The van der Waals surface area contributed by atoms with Gasteiger partial charge in [-0.15, -0.1) is 0 Å². The molecule has 1 aromatic carbocycles. The summed E-state index contributed by atoms with van der Waals surface area (Å²) in [7, 11) is 0. The molecule has 0 unspecified atom stereocenters. The number of hydrogen-bond acceptors (Lipinski definition) is 2. The largest absolute Gasteiger partial charge is 0.416 e. The van der Waals surface area contributed by atoms with Crippen molar-refractivity contribution in [3.05, 3.63) is 29.3 Å². The van der Waals surface area contributed by atoms with E-state index in [1.807, 2.05) is 6.92 Å². The van der Waals surface area contributed by atoms with Crippen molar-refractivity contribution in [1.82, 2.24) is 5.32 Å². The molecule has 0 bridgehead atoms. The summed E-state index contributed by atoms with van der Waals surface area (Å²) in [5, 5.41) is 3.09. The maximum absolute atomic E-state index is 12.8. The van der Waals surface area contributed by atoms with Crippen LogP contribution in [0.1, 0.15) is 18.1 Å². The predicted octanol–water partition coefficient (Wildman–Crippen LogP) is 3.52. The zero-order chi connectivity index (χ0) is 15.8. The maximum Gasteiger partial charge on any atom is 0.416 e. The van der Waals surface area contributed by atoms with Gasteiger partial charge in [0, 0.05) is 31.4 Å². The van der Waals surface area contributed by atoms with Gasteiger partial charge in [0.25, 0.3) is 0 Å². The molecule has 2 rings (SSSR count). The SMILES string of the molecule is C[C@@H]1CN(c2cc(C(F)(F)F)cc(C(F)(F)F)c2)CCN1. The summed E-state index contributed by atoms with van der Waals surface area (Å²) >= 11 is 0. The highest BCUT2D eigenvalue weighted by molar-refractivity contribution is 5.53. The maximum atomic E-state index is 12.8. The zero-order valence-electron chi connectivity index (χ0n) is 11.1. The molecular weight excluding hydrogens is 298 g/mol. The summed E-state index contributed by atoms with van der Waals surface area (Å²) in [5.41, 5.74) is -2.61. The Labute approximate surface area is 117 Å². The average molecular weight is 312 g/mol. The van der Waals surface area contributed by atoms with E-state index in [1.165, 1.54) is 4.90 Å². The van der Waals surface area contributed by atoms with Crippen molar-refractivity contribution in [2.24, 2.45) is 0 Å². The van der Waals surface area contributed by atoms with E-state index < -0.39 is 23.5 Å². The highest BCUT2D eigenvalue weighted by Gasteiger charge is 2.37. The first-order chi connectivity index (χ1) is 9.57. The van der Waals surface area contributed by atoms with E-state index in [2.05, 4.69) is 5.32 Å². The van der Waals surface area contributed by atoms with E-state index in [1.54, 1.807) is 0 Å². The van der Waals surface area contributed by atoms with Crippen LogP contribution in [0.15, 0.2) is 18.2 Å². The molecule has 21 heavy (non-hydrogen) atoms. The third-order valence-corrected chi connectivity index (χ3v) is 3.31. The van der Waals surface area contributed by atoms with Gasteiger partial charge in [0.05, 0.1) is 11.1 Å². The van der Waals surface area contributed by atoms with Gasteiger partial charge in [0.2, 0.25) is 0 Å². The molecule has 1 N–H and O–H groups in total. The fourth-order valence-corrected chi connectivity index (χ4v) is 2.29. The van der Waals surface area contributed by atoms with Crippen molar-refractivity contribution in [2.75, 3.05) is 24.5 Å². The van der Waals surface area contributed by atoms with Gasteiger partial charge in [-0.2, -0.15) is 26.3 Å². The lowest BCUT2D eigenvalue weighted by Crippen LogP contribution is -2.49. The third-order valence-electron chi connectivity index (χ3n) is 3.31. The van der Waals surface area contributed by atoms with Crippen LogP contribution in [0, 0.1) is 0 Å². The molecule has 1 atom stereocenters. The Morgan fingerprint density at radius 1 is 1.00 bits per heavy atom. The minimum Gasteiger partial charge on any atom is -0.369 e. The van der Waals surface area contributed by atoms with E-state index >= 15 is 0 Å². The minimum absolute atomic E-state index is 0.00243. The number of nitrogens with one attached hydrogen (secondary N) is 1. The second-order valence-corrected chi connectivity index (χ2v) is 5.07. The van der Waals surface area contributed by atoms with Crippen LogP contribution in [0.4, 0.5) is 32.0 Å². The van der Waals surface area contributed by atoms with Gasteiger partial charge in [-0.1, -0.05) is 0 Å². The van der Waals surface area contributed by atoms with Crippen LogP contribution in [0.25, 0.3) is 0 Å². The Hall–Kier alpha value is -1.44. The molecule has 1 fully saturated rings. The molecule has 0 spiro atoms. The summed E-state index contributed by atoms with van der Waals surface area (Å²) < 4.78 is 76.7. The number of nitrogens with zero attached hydrogens (tertiary/aromatic N) is 1. The highest BCUT2D eigenvalue weighted by Crippen LogP contribution is 2.38. The van der Waals surface area contributed by atoms with E-state index in [9.17, 15) is 26.3 Å². The summed E-state index contributed by atoms with van der Waals surface area (Å²) in [5.74, 6) is 0. The Balaban J connectivity index is 2.45. The zero-order valence-corrected chi connectivity index (χ0v) is 11.1. The smallest absolute Gasteiger partial charge is 0.369 e. The van der Waals surface area contributed by atoms with E-state index in [4.69, 9.17) is 0 Å². The van der Waals surface area contributed by atoms with Crippen LogP contribution in [-0.2, 0) is 12.4 Å². The van der Waals surface area contributed by atoms with Crippen LogP contribution >= 0.6 is 0 Å². The molecule has 0 amide bonds. The van der Waals surface area contributed by atoms with Gasteiger partial charge in [-0.3, -0.25) is 0 Å². The summed E-state index contributed by atoms with van der Waals surface area (Å²) in [6.07, 6.45) is -9.62. The Morgan fingerprint density at radius 2 is 1.52 bits per heavy atom. The summed E-state index contributed by atoms with van der Waals surface area (Å²) in [4.78, 5) is 1.53. The number of alkyl halides is 6. The third kappa shape index (κ3) is 3.81. The molecule has 0 aliphatic carbocycles. The van der Waals surface area contributed by atoms with E-state index in [0.717, 1.165) is 12.1 Å². The predicted molar refractivity (Wildman–Crippen MR) is 66.1 cm³/mol.